The summed E-state index contributed by atoms with van der Waals surface area (Å²) in [5.41, 5.74) is 0.875. The van der Waals surface area contributed by atoms with Gasteiger partial charge in [0.15, 0.2) is 5.78 Å². The monoisotopic (exact) mass is 272 g/mol. The van der Waals surface area contributed by atoms with Crippen LogP contribution in [0, 0.1) is 0 Å². The van der Waals surface area contributed by atoms with Gasteiger partial charge in [0.25, 0.3) is 0 Å². The minimum atomic E-state index is -1.25. The maximum atomic E-state index is 12.3. The third kappa shape index (κ3) is 2.81. The van der Waals surface area contributed by atoms with E-state index in [1.165, 1.54) is 7.11 Å². The lowest BCUT2D eigenvalue weighted by Gasteiger charge is -2.14. The van der Waals surface area contributed by atoms with Crippen molar-refractivity contribution in [3.63, 3.8) is 0 Å². The number of carbonyl (C=O) groups excluding carboxylic acids is 1. The molecule has 0 spiro atoms. The van der Waals surface area contributed by atoms with Gasteiger partial charge in [0, 0.05) is 11.1 Å². The molecular weight excluding hydrogens is 256 g/mol. The number of hydrogen-bond acceptors (Lipinski definition) is 4. The lowest BCUT2D eigenvalue weighted by molar-refractivity contribution is 0.0742. The Morgan fingerprint density at radius 1 is 1.00 bits per heavy atom. The molecule has 0 amide bonds. The topological polar surface area (TPSA) is 55.8 Å². The van der Waals surface area contributed by atoms with Crippen LogP contribution < -0.4 is 9.47 Å². The Kier molecular flexibility index (Phi) is 4.38. The van der Waals surface area contributed by atoms with Gasteiger partial charge < -0.3 is 14.6 Å². The maximum Gasteiger partial charge on any atom is 0.195 e. The lowest BCUT2D eigenvalue weighted by atomic mass is 9.99. The summed E-state index contributed by atoms with van der Waals surface area (Å²) in [6.45, 7) is 0. The quantitative estimate of drug-likeness (QED) is 0.850. The summed E-state index contributed by atoms with van der Waals surface area (Å²) < 4.78 is 10.2. The predicted molar refractivity (Wildman–Crippen MR) is 75.3 cm³/mol. The van der Waals surface area contributed by atoms with Crippen molar-refractivity contribution in [2.75, 3.05) is 14.2 Å². The van der Waals surface area contributed by atoms with Gasteiger partial charge >= 0.3 is 0 Å². The molecule has 2 rings (SSSR count). The molecule has 1 unspecified atom stereocenters. The molecule has 104 valence electrons. The first-order valence-corrected chi connectivity index (χ1v) is 6.16. The molecule has 0 radical (unpaired) electrons. The summed E-state index contributed by atoms with van der Waals surface area (Å²) in [6.07, 6.45) is -1.25. The molecule has 0 fully saturated rings. The van der Waals surface area contributed by atoms with Crippen molar-refractivity contribution >= 4 is 5.78 Å². The van der Waals surface area contributed by atoms with Gasteiger partial charge in [0.1, 0.15) is 17.6 Å². The fourth-order valence-corrected chi connectivity index (χ4v) is 1.95. The first kappa shape index (κ1) is 14.1. The normalized spacial score (nSPS) is 11.8. The molecule has 20 heavy (non-hydrogen) atoms. The minimum absolute atomic E-state index is 0.378. The zero-order valence-corrected chi connectivity index (χ0v) is 11.4. The highest BCUT2D eigenvalue weighted by Crippen LogP contribution is 2.27. The van der Waals surface area contributed by atoms with E-state index in [-0.39, 0.29) is 5.78 Å². The summed E-state index contributed by atoms with van der Waals surface area (Å²) in [4.78, 5) is 12.3. The third-order valence-corrected chi connectivity index (χ3v) is 3.06. The van der Waals surface area contributed by atoms with Crippen LogP contribution in [0.4, 0.5) is 0 Å². The van der Waals surface area contributed by atoms with Crippen molar-refractivity contribution in [3.8, 4) is 11.5 Å². The standard InChI is InChI=1S/C16H16O4/c1-19-12-9-7-11(8-10-12)15(17)16(18)13-5-3-4-6-14(13)20-2/h3-10,16,18H,1-2H3. The molecule has 0 saturated heterocycles. The molecule has 4 heteroatoms. The summed E-state index contributed by atoms with van der Waals surface area (Å²) in [5, 5.41) is 10.2. The van der Waals surface area contributed by atoms with Crippen LogP contribution in [0.15, 0.2) is 48.5 Å². The van der Waals surface area contributed by atoms with Gasteiger partial charge in [-0.25, -0.2) is 0 Å². The molecule has 4 nitrogen and oxygen atoms in total. The molecule has 2 aromatic rings. The predicted octanol–water partition coefficient (Wildman–Crippen LogP) is 2.62. The van der Waals surface area contributed by atoms with Crippen LogP contribution in [0.1, 0.15) is 22.0 Å². The molecule has 0 aliphatic heterocycles. The molecule has 0 bridgehead atoms. The highest BCUT2D eigenvalue weighted by atomic mass is 16.5. The molecule has 1 N–H and O–H groups in total. The van der Waals surface area contributed by atoms with Crippen molar-refractivity contribution < 1.29 is 19.4 Å². The highest BCUT2D eigenvalue weighted by molar-refractivity contribution is 6.00. The largest absolute Gasteiger partial charge is 0.497 e. The zero-order chi connectivity index (χ0) is 14.5. The van der Waals surface area contributed by atoms with E-state index in [1.807, 2.05) is 0 Å². The molecule has 0 aromatic heterocycles. The summed E-state index contributed by atoms with van der Waals surface area (Å²) >= 11 is 0. The number of rotatable bonds is 5. The van der Waals surface area contributed by atoms with Gasteiger partial charge in [-0.15, -0.1) is 0 Å². The van der Waals surface area contributed by atoms with Crippen molar-refractivity contribution in [1.29, 1.82) is 0 Å². The Labute approximate surface area is 117 Å². The van der Waals surface area contributed by atoms with Gasteiger partial charge in [0.05, 0.1) is 14.2 Å². The van der Waals surface area contributed by atoms with Crippen LogP contribution in [-0.2, 0) is 0 Å². The number of methoxy groups -OCH3 is 2. The first-order valence-electron chi connectivity index (χ1n) is 6.16. The number of ketones is 1. The molecular formula is C16H16O4. The zero-order valence-electron chi connectivity index (χ0n) is 11.4. The van der Waals surface area contributed by atoms with Crippen LogP contribution >= 0.6 is 0 Å². The van der Waals surface area contributed by atoms with E-state index in [0.717, 1.165) is 0 Å². The van der Waals surface area contributed by atoms with Crippen LogP contribution in [0.25, 0.3) is 0 Å². The maximum absolute atomic E-state index is 12.3. The van der Waals surface area contributed by atoms with Gasteiger partial charge in [-0.3, -0.25) is 4.79 Å². The van der Waals surface area contributed by atoms with E-state index in [1.54, 1.807) is 55.6 Å². The van der Waals surface area contributed by atoms with E-state index in [2.05, 4.69) is 0 Å². The van der Waals surface area contributed by atoms with E-state index < -0.39 is 6.10 Å². The summed E-state index contributed by atoms with van der Waals surface area (Å²) in [7, 11) is 3.06. The van der Waals surface area contributed by atoms with E-state index in [9.17, 15) is 9.90 Å². The Morgan fingerprint density at radius 3 is 2.25 bits per heavy atom. The molecule has 0 heterocycles. The average Bonchev–Trinajstić information content (AvgIpc) is 2.53. The molecule has 1 atom stereocenters. The van der Waals surface area contributed by atoms with Crippen LogP contribution in [0.5, 0.6) is 11.5 Å². The number of benzene rings is 2. The number of aliphatic hydroxyl groups excluding tert-OH is 1. The number of ether oxygens (including phenoxy) is 2. The SMILES string of the molecule is COc1ccc(C(=O)C(O)c2ccccc2OC)cc1. The van der Waals surface area contributed by atoms with Gasteiger partial charge in [0.2, 0.25) is 0 Å². The summed E-state index contributed by atoms with van der Waals surface area (Å²) in [6, 6.07) is 13.5. The van der Waals surface area contributed by atoms with Crippen LogP contribution in [-0.4, -0.2) is 25.1 Å². The van der Waals surface area contributed by atoms with Crippen molar-refractivity contribution in [3.05, 3.63) is 59.7 Å². The second-order valence-electron chi connectivity index (χ2n) is 4.24. The number of para-hydroxylation sites is 1. The smallest absolute Gasteiger partial charge is 0.195 e. The second-order valence-corrected chi connectivity index (χ2v) is 4.24. The van der Waals surface area contributed by atoms with Crippen molar-refractivity contribution in [1.82, 2.24) is 0 Å². The van der Waals surface area contributed by atoms with Crippen LogP contribution in [0.2, 0.25) is 0 Å². The van der Waals surface area contributed by atoms with E-state index >= 15 is 0 Å². The number of aliphatic hydroxyl groups is 1. The minimum Gasteiger partial charge on any atom is -0.497 e. The average molecular weight is 272 g/mol. The third-order valence-electron chi connectivity index (χ3n) is 3.06. The number of Topliss-reactive ketones (excluding diaryl/α,β-unsaturated/α-hetero) is 1. The first-order chi connectivity index (χ1) is 9.67. The molecule has 0 aliphatic rings. The molecule has 0 aliphatic carbocycles. The lowest BCUT2D eigenvalue weighted by Crippen LogP contribution is -2.13. The fourth-order valence-electron chi connectivity index (χ4n) is 1.95. The molecule has 2 aromatic carbocycles. The number of carbonyl (C=O) groups is 1. The van der Waals surface area contributed by atoms with Crippen molar-refractivity contribution in [2.45, 2.75) is 6.10 Å². The second kappa shape index (κ2) is 6.21. The Morgan fingerprint density at radius 2 is 1.65 bits per heavy atom. The Balaban J connectivity index is 2.27. The van der Waals surface area contributed by atoms with E-state index in [4.69, 9.17) is 9.47 Å². The number of hydrogen-bond donors (Lipinski definition) is 1. The van der Waals surface area contributed by atoms with E-state index in [0.29, 0.717) is 22.6 Å². The highest BCUT2D eigenvalue weighted by Gasteiger charge is 2.22. The van der Waals surface area contributed by atoms with Gasteiger partial charge in [-0.2, -0.15) is 0 Å². The van der Waals surface area contributed by atoms with Gasteiger partial charge in [-0.1, -0.05) is 18.2 Å². The Hall–Kier alpha value is -2.33. The van der Waals surface area contributed by atoms with Crippen LogP contribution in [0.3, 0.4) is 0 Å². The fraction of sp³-hybridized carbons (Fsp3) is 0.188. The van der Waals surface area contributed by atoms with Crippen molar-refractivity contribution in [2.24, 2.45) is 0 Å². The molecule has 0 saturated carbocycles. The summed E-state index contributed by atoms with van der Waals surface area (Å²) in [5.74, 6) is 0.771. The van der Waals surface area contributed by atoms with Gasteiger partial charge in [-0.05, 0) is 30.3 Å². The Bertz CT molecular complexity index is 590.